The van der Waals surface area contributed by atoms with Gasteiger partial charge in [0.1, 0.15) is 12.2 Å². The van der Waals surface area contributed by atoms with E-state index in [1.54, 1.807) is 32.9 Å². The summed E-state index contributed by atoms with van der Waals surface area (Å²) in [6, 6.07) is 16.5. The fraction of sp³-hybridized carbons (Fsp3) is 0.348. The van der Waals surface area contributed by atoms with E-state index in [2.05, 4.69) is 0 Å². The highest BCUT2D eigenvalue weighted by atomic mass is 16.2. The Balaban J connectivity index is 1.72. The lowest BCUT2D eigenvalue weighted by Gasteiger charge is -2.48. The molecule has 29 heavy (non-hydrogen) atoms. The molecule has 2 aliphatic rings. The predicted octanol–water partition coefficient (Wildman–Crippen LogP) is 3.43. The van der Waals surface area contributed by atoms with Crippen LogP contribution in [0, 0.1) is 0 Å². The van der Waals surface area contributed by atoms with E-state index in [4.69, 9.17) is 0 Å². The van der Waals surface area contributed by atoms with E-state index in [1.807, 2.05) is 57.2 Å². The van der Waals surface area contributed by atoms with Crippen LogP contribution in [0.25, 0.3) is 0 Å². The molecule has 3 amide bonds. The molecule has 4 rings (SSSR count). The molecule has 2 aromatic carbocycles. The Hall–Kier alpha value is -3.15. The molecule has 1 unspecified atom stereocenters. The summed E-state index contributed by atoms with van der Waals surface area (Å²) in [5.74, 6) is -0.396. The van der Waals surface area contributed by atoms with Crippen molar-refractivity contribution in [2.45, 2.75) is 45.3 Å². The summed E-state index contributed by atoms with van der Waals surface area (Å²) in [7, 11) is 0. The second-order valence-electron chi connectivity index (χ2n) is 8.05. The van der Waals surface area contributed by atoms with Crippen molar-refractivity contribution in [3.63, 3.8) is 0 Å². The van der Waals surface area contributed by atoms with E-state index < -0.39 is 5.66 Å². The second kappa shape index (κ2) is 7.03. The molecule has 2 heterocycles. The molecule has 0 radical (unpaired) electrons. The number of para-hydroxylation sites is 2. The molecule has 0 bridgehead atoms. The molecule has 2 aliphatic heterocycles. The highest BCUT2D eigenvalue weighted by molar-refractivity contribution is 6.11. The standard InChI is InChI=1S/C23H25N3O3/c1-16(2)25(17-9-5-4-6-10-17)21(28)15-24-22(29)18-11-7-8-12-19(18)26-20(27)13-14-23(24,26)3/h4-12,16H,13-15H2,1-3H3. The number of anilines is 2. The van der Waals surface area contributed by atoms with Crippen LogP contribution in [0.15, 0.2) is 54.6 Å². The van der Waals surface area contributed by atoms with E-state index in [0.29, 0.717) is 24.1 Å². The minimum absolute atomic E-state index is 0.0197. The number of rotatable bonds is 4. The zero-order valence-electron chi connectivity index (χ0n) is 17.0. The van der Waals surface area contributed by atoms with Crippen molar-refractivity contribution in [3.8, 4) is 0 Å². The third kappa shape index (κ3) is 2.99. The zero-order valence-corrected chi connectivity index (χ0v) is 17.0. The smallest absolute Gasteiger partial charge is 0.258 e. The highest BCUT2D eigenvalue weighted by Crippen LogP contribution is 2.44. The van der Waals surface area contributed by atoms with Crippen LogP contribution in [0.4, 0.5) is 11.4 Å². The van der Waals surface area contributed by atoms with Crippen molar-refractivity contribution in [3.05, 3.63) is 60.2 Å². The van der Waals surface area contributed by atoms with Crippen molar-refractivity contribution >= 4 is 29.1 Å². The molecule has 0 aromatic heterocycles. The SMILES string of the molecule is CC(C)N(C(=O)CN1C(=O)c2ccccc2N2C(=O)CCC12C)c1ccccc1. The first-order valence-corrected chi connectivity index (χ1v) is 9.96. The zero-order chi connectivity index (χ0) is 20.8. The summed E-state index contributed by atoms with van der Waals surface area (Å²) in [5.41, 5.74) is 1.05. The van der Waals surface area contributed by atoms with Gasteiger partial charge in [0.25, 0.3) is 5.91 Å². The average molecular weight is 391 g/mol. The Kier molecular flexibility index (Phi) is 4.65. The number of hydrogen-bond donors (Lipinski definition) is 0. The molecule has 1 fully saturated rings. The van der Waals surface area contributed by atoms with Crippen LogP contribution in [0.5, 0.6) is 0 Å². The van der Waals surface area contributed by atoms with Crippen molar-refractivity contribution < 1.29 is 14.4 Å². The van der Waals surface area contributed by atoms with Crippen LogP contribution in [0.2, 0.25) is 0 Å². The van der Waals surface area contributed by atoms with Gasteiger partial charge < -0.3 is 9.80 Å². The molecule has 150 valence electrons. The van der Waals surface area contributed by atoms with E-state index in [-0.39, 0.29) is 30.3 Å². The van der Waals surface area contributed by atoms with Crippen LogP contribution in [-0.2, 0) is 9.59 Å². The van der Waals surface area contributed by atoms with Gasteiger partial charge in [-0.3, -0.25) is 19.3 Å². The minimum atomic E-state index is -0.836. The molecule has 6 heteroatoms. The number of benzene rings is 2. The monoisotopic (exact) mass is 391 g/mol. The lowest BCUT2D eigenvalue weighted by molar-refractivity contribution is -0.122. The van der Waals surface area contributed by atoms with Gasteiger partial charge in [-0.1, -0.05) is 30.3 Å². The number of nitrogens with zero attached hydrogens (tertiary/aromatic N) is 3. The van der Waals surface area contributed by atoms with Gasteiger partial charge in [0.2, 0.25) is 11.8 Å². The number of amides is 3. The molecular formula is C23H25N3O3. The van der Waals surface area contributed by atoms with Crippen LogP contribution in [0.3, 0.4) is 0 Å². The van der Waals surface area contributed by atoms with Gasteiger partial charge in [-0.15, -0.1) is 0 Å². The summed E-state index contributed by atoms with van der Waals surface area (Å²) in [4.78, 5) is 44.3. The Bertz CT molecular complexity index is 972. The third-order valence-electron chi connectivity index (χ3n) is 5.86. The van der Waals surface area contributed by atoms with Gasteiger partial charge in [0, 0.05) is 18.2 Å². The van der Waals surface area contributed by atoms with Gasteiger partial charge in [0.05, 0.1) is 11.3 Å². The third-order valence-corrected chi connectivity index (χ3v) is 5.86. The van der Waals surface area contributed by atoms with Crippen LogP contribution in [-0.4, -0.2) is 40.9 Å². The van der Waals surface area contributed by atoms with E-state index in [0.717, 1.165) is 5.69 Å². The summed E-state index contributed by atoms with van der Waals surface area (Å²) in [5, 5.41) is 0. The number of fused-ring (bicyclic) bond motifs is 3. The van der Waals surface area contributed by atoms with E-state index in [1.165, 1.54) is 0 Å². The Labute approximate surface area is 170 Å². The van der Waals surface area contributed by atoms with Crippen molar-refractivity contribution in [2.75, 3.05) is 16.3 Å². The topological polar surface area (TPSA) is 60.9 Å². The molecule has 2 aromatic rings. The molecular weight excluding hydrogens is 366 g/mol. The van der Waals surface area contributed by atoms with Gasteiger partial charge in [0.15, 0.2) is 0 Å². The van der Waals surface area contributed by atoms with Gasteiger partial charge >= 0.3 is 0 Å². The first-order chi connectivity index (χ1) is 13.8. The first kappa shape index (κ1) is 19.2. The Morgan fingerprint density at radius 3 is 2.41 bits per heavy atom. The highest BCUT2D eigenvalue weighted by Gasteiger charge is 2.53. The van der Waals surface area contributed by atoms with E-state index in [9.17, 15) is 14.4 Å². The van der Waals surface area contributed by atoms with Gasteiger partial charge in [-0.25, -0.2) is 0 Å². The molecule has 0 spiro atoms. The fourth-order valence-electron chi connectivity index (χ4n) is 4.47. The van der Waals surface area contributed by atoms with Gasteiger partial charge in [-0.2, -0.15) is 0 Å². The van der Waals surface area contributed by atoms with E-state index >= 15 is 0 Å². The molecule has 0 saturated carbocycles. The number of hydrogen-bond acceptors (Lipinski definition) is 3. The molecule has 0 N–H and O–H groups in total. The molecule has 6 nitrogen and oxygen atoms in total. The maximum Gasteiger partial charge on any atom is 0.258 e. The van der Waals surface area contributed by atoms with Crippen LogP contribution >= 0.6 is 0 Å². The van der Waals surface area contributed by atoms with Crippen LogP contribution in [0.1, 0.15) is 44.0 Å². The largest absolute Gasteiger partial charge is 0.308 e. The summed E-state index contributed by atoms with van der Waals surface area (Å²) in [6.07, 6.45) is 0.863. The molecule has 0 aliphatic carbocycles. The minimum Gasteiger partial charge on any atom is -0.308 e. The van der Waals surface area contributed by atoms with Gasteiger partial charge in [-0.05, 0) is 51.5 Å². The first-order valence-electron chi connectivity index (χ1n) is 9.96. The van der Waals surface area contributed by atoms with Crippen molar-refractivity contribution in [1.82, 2.24) is 4.90 Å². The second-order valence-corrected chi connectivity index (χ2v) is 8.05. The number of carbonyl (C=O) groups is 3. The quantitative estimate of drug-likeness (QED) is 0.802. The number of carbonyl (C=O) groups excluding carboxylic acids is 3. The maximum absolute atomic E-state index is 13.4. The van der Waals surface area contributed by atoms with Crippen LogP contribution < -0.4 is 9.80 Å². The fourth-order valence-corrected chi connectivity index (χ4v) is 4.47. The molecule has 1 saturated heterocycles. The average Bonchev–Trinajstić information content (AvgIpc) is 3.01. The lowest BCUT2D eigenvalue weighted by Crippen LogP contribution is -2.64. The predicted molar refractivity (Wildman–Crippen MR) is 112 cm³/mol. The van der Waals surface area contributed by atoms with Crippen molar-refractivity contribution in [2.24, 2.45) is 0 Å². The Morgan fingerprint density at radius 1 is 1.07 bits per heavy atom. The lowest BCUT2D eigenvalue weighted by atomic mass is 9.98. The summed E-state index contributed by atoms with van der Waals surface area (Å²) >= 11 is 0. The molecule has 1 atom stereocenters. The maximum atomic E-state index is 13.4. The Morgan fingerprint density at radius 2 is 1.72 bits per heavy atom. The van der Waals surface area contributed by atoms with Crippen molar-refractivity contribution in [1.29, 1.82) is 0 Å². The summed E-state index contributed by atoms with van der Waals surface area (Å²) in [6.45, 7) is 5.69. The summed E-state index contributed by atoms with van der Waals surface area (Å²) < 4.78 is 0. The normalized spacial score (nSPS) is 20.7.